The van der Waals surface area contributed by atoms with E-state index in [-0.39, 0.29) is 23.9 Å². The molecule has 3 aromatic rings. The van der Waals surface area contributed by atoms with E-state index >= 15 is 0 Å². The van der Waals surface area contributed by atoms with Crippen LogP contribution in [0.25, 0.3) is 22.6 Å². The lowest BCUT2D eigenvalue weighted by Crippen LogP contribution is -2.46. The van der Waals surface area contributed by atoms with Gasteiger partial charge in [-0.05, 0) is 76.5 Å². The number of piperidine rings is 1. The lowest BCUT2D eigenvalue weighted by atomic mass is 10.1. The van der Waals surface area contributed by atoms with Crippen molar-refractivity contribution in [2.24, 2.45) is 18.9 Å². The van der Waals surface area contributed by atoms with Gasteiger partial charge in [0, 0.05) is 25.2 Å². The number of hydrogen-bond acceptors (Lipinski definition) is 7. The number of fused-ring (bicyclic) bond motifs is 3. The molecule has 2 saturated carbocycles. The molecule has 2 amide bonds. The first-order valence-electron chi connectivity index (χ1n) is 14.1. The van der Waals surface area contributed by atoms with Gasteiger partial charge in [-0.1, -0.05) is 6.07 Å². The van der Waals surface area contributed by atoms with Gasteiger partial charge in [0.1, 0.15) is 22.6 Å². The second-order valence-electron chi connectivity index (χ2n) is 12.2. The van der Waals surface area contributed by atoms with Crippen LogP contribution in [-0.2, 0) is 11.8 Å². The Kier molecular flexibility index (Phi) is 6.59. The summed E-state index contributed by atoms with van der Waals surface area (Å²) in [4.78, 5) is 37.7. The third kappa shape index (κ3) is 5.07. The Morgan fingerprint density at radius 1 is 1.10 bits per heavy atom. The number of likely N-dealkylation sites (tertiary alicyclic amines) is 1. The van der Waals surface area contributed by atoms with Gasteiger partial charge < -0.3 is 29.0 Å². The number of amides is 2. The highest BCUT2D eigenvalue weighted by Crippen LogP contribution is 2.40. The number of pyridine rings is 1. The second-order valence-corrected chi connectivity index (χ2v) is 12.2. The summed E-state index contributed by atoms with van der Waals surface area (Å²) < 4.78 is 19.0. The summed E-state index contributed by atoms with van der Waals surface area (Å²) >= 11 is 0. The van der Waals surface area contributed by atoms with Gasteiger partial charge in [-0.15, -0.1) is 0 Å². The first-order valence-corrected chi connectivity index (χ1v) is 14.1. The van der Waals surface area contributed by atoms with Gasteiger partial charge in [0.25, 0.3) is 5.91 Å². The number of rotatable bonds is 7. The Morgan fingerprint density at radius 3 is 2.62 bits per heavy atom. The number of nitrogens with zero attached hydrogens (tertiary/aromatic N) is 4. The fourth-order valence-corrected chi connectivity index (χ4v) is 5.98. The van der Waals surface area contributed by atoms with Gasteiger partial charge in [0.2, 0.25) is 5.88 Å². The average Bonchev–Trinajstić information content (AvgIpc) is 3.49. The van der Waals surface area contributed by atoms with E-state index in [0.717, 1.165) is 18.4 Å². The molecule has 1 saturated heterocycles. The fourth-order valence-electron chi connectivity index (χ4n) is 5.98. The summed E-state index contributed by atoms with van der Waals surface area (Å²) in [6.07, 6.45) is 3.80. The summed E-state index contributed by atoms with van der Waals surface area (Å²) in [5.74, 6) is 2.56. The average molecular weight is 548 g/mol. The third-order valence-electron chi connectivity index (χ3n) is 8.05. The molecule has 10 heteroatoms. The molecule has 2 aliphatic carbocycles. The number of carbonyl (C=O) groups is 2. The normalized spacial score (nSPS) is 22.0. The molecule has 0 radical (unpaired) electrons. The summed E-state index contributed by atoms with van der Waals surface area (Å²) in [7, 11) is 3.51. The number of ether oxygens (including phenoxy) is 3. The third-order valence-corrected chi connectivity index (χ3v) is 8.05. The molecule has 1 aliphatic heterocycles. The molecule has 0 spiro atoms. The van der Waals surface area contributed by atoms with Crippen LogP contribution in [0.5, 0.6) is 11.6 Å². The zero-order valence-corrected chi connectivity index (χ0v) is 23.8. The largest absolute Gasteiger partial charge is 0.494 e. The van der Waals surface area contributed by atoms with Crippen LogP contribution >= 0.6 is 0 Å². The standard InChI is InChI=1S/C30H37N5O5/c1-30(2,3)40-29(37)33-25-18-11-12-22(25)35(15-18)28(36)19-13-21-26(23(14-19)38-5)34(4)27(32-21)20-7-6-8-24(31-20)39-16-17-9-10-17/h6-8,13-14,17-18,22,25H,9-12,15-16H2,1-5H3,(H,33,37)/t18-,22-,25-/m1/s1. The predicted octanol–water partition coefficient (Wildman–Crippen LogP) is 4.56. The van der Waals surface area contributed by atoms with Gasteiger partial charge in [-0.25, -0.2) is 14.8 Å². The van der Waals surface area contributed by atoms with Crippen molar-refractivity contribution in [1.29, 1.82) is 0 Å². The number of benzene rings is 1. The molecule has 6 rings (SSSR count). The molecular formula is C30H37N5O5. The molecule has 3 heterocycles. The van der Waals surface area contributed by atoms with Crippen LogP contribution in [0.4, 0.5) is 4.79 Å². The fraction of sp³-hybridized carbons (Fsp3) is 0.533. The van der Waals surface area contributed by atoms with Crippen molar-refractivity contribution in [2.75, 3.05) is 20.3 Å². The zero-order valence-electron chi connectivity index (χ0n) is 23.8. The van der Waals surface area contributed by atoms with Gasteiger partial charge >= 0.3 is 6.09 Å². The number of carbonyl (C=O) groups excluding carboxylic acids is 2. The number of methoxy groups -OCH3 is 1. The van der Waals surface area contributed by atoms with Gasteiger partial charge in [-0.3, -0.25) is 4.79 Å². The van der Waals surface area contributed by atoms with E-state index < -0.39 is 11.7 Å². The number of nitrogens with one attached hydrogen (secondary N) is 1. The quantitative estimate of drug-likeness (QED) is 0.462. The Balaban J connectivity index is 1.25. The topological polar surface area (TPSA) is 108 Å². The molecule has 0 unspecified atom stereocenters. The van der Waals surface area contributed by atoms with E-state index in [0.29, 0.717) is 53.3 Å². The maximum Gasteiger partial charge on any atom is 0.407 e. The van der Waals surface area contributed by atoms with Crippen LogP contribution in [0.1, 0.15) is 56.8 Å². The molecule has 3 fully saturated rings. The summed E-state index contributed by atoms with van der Waals surface area (Å²) in [5.41, 5.74) is 2.05. The van der Waals surface area contributed by atoms with E-state index in [9.17, 15) is 9.59 Å². The molecular weight excluding hydrogens is 510 g/mol. The number of hydrogen-bond donors (Lipinski definition) is 1. The van der Waals surface area contributed by atoms with Crippen molar-refractivity contribution in [1.82, 2.24) is 24.8 Å². The minimum absolute atomic E-state index is 0.0754. The van der Waals surface area contributed by atoms with Crippen molar-refractivity contribution < 1.29 is 23.8 Å². The van der Waals surface area contributed by atoms with Crippen LogP contribution in [0, 0.1) is 11.8 Å². The maximum absolute atomic E-state index is 13.8. The monoisotopic (exact) mass is 547 g/mol. The van der Waals surface area contributed by atoms with E-state index in [1.165, 1.54) is 12.8 Å². The highest BCUT2D eigenvalue weighted by molar-refractivity contribution is 6.00. The first kappa shape index (κ1) is 26.4. The van der Waals surface area contributed by atoms with Crippen molar-refractivity contribution >= 4 is 23.0 Å². The van der Waals surface area contributed by atoms with Crippen molar-refractivity contribution in [2.45, 2.75) is 64.1 Å². The van der Waals surface area contributed by atoms with Crippen molar-refractivity contribution in [3.05, 3.63) is 35.9 Å². The number of imidazole rings is 1. The number of aryl methyl sites for hydroxylation is 1. The zero-order chi connectivity index (χ0) is 28.2. The number of alkyl carbamates (subject to hydrolysis) is 1. The minimum atomic E-state index is -0.578. The van der Waals surface area contributed by atoms with Crippen LogP contribution < -0.4 is 14.8 Å². The molecule has 1 aromatic carbocycles. The summed E-state index contributed by atoms with van der Waals surface area (Å²) in [6, 6.07) is 9.09. The minimum Gasteiger partial charge on any atom is -0.494 e. The van der Waals surface area contributed by atoms with Crippen LogP contribution in [0.3, 0.4) is 0 Å². The van der Waals surface area contributed by atoms with Crippen LogP contribution in [-0.4, -0.2) is 69.4 Å². The van der Waals surface area contributed by atoms with Gasteiger partial charge in [-0.2, -0.15) is 0 Å². The molecule has 2 aromatic heterocycles. The predicted molar refractivity (Wildman–Crippen MR) is 149 cm³/mol. The highest BCUT2D eigenvalue weighted by Gasteiger charge is 2.50. The Bertz CT molecular complexity index is 1460. The molecule has 2 bridgehead atoms. The van der Waals surface area contributed by atoms with E-state index in [1.807, 2.05) is 61.6 Å². The van der Waals surface area contributed by atoms with Crippen LogP contribution in [0.2, 0.25) is 0 Å². The highest BCUT2D eigenvalue weighted by atomic mass is 16.6. The maximum atomic E-state index is 13.8. The Morgan fingerprint density at radius 2 is 1.90 bits per heavy atom. The molecule has 212 valence electrons. The van der Waals surface area contributed by atoms with E-state index in [4.69, 9.17) is 19.2 Å². The van der Waals surface area contributed by atoms with Crippen LogP contribution in [0.15, 0.2) is 30.3 Å². The molecule has 3 aliphatic rings. The first-order chi connectivity index (χ1) is 19.1. The van der Waals surface area contributed by atoms with Gasteiger partial charge in [0.05, 0.1) is 31.3 Å². The van der Waals surface area contributed by atoms with E-state index in [2.05, 4.69) is 10.3 Å². The van der Waals surface area contributed by atoms with Crippen molar-refractivity contribution in [3.8, 4) is 23.1 Å². The second kappa shape index (κ2) is 9.98. The van der Waals surface area contributed by atoms with Crippen molar-refractivity contribution in [3.63, 3.8) is 0 Å². The smallest absolute Gasteiger partial charge is 0.407 e. The lowest BCUT2D eigenvalue weighted by molar-refractivity contribution is 0.0485. The number of aromatic nitrogens is 3. The Labute approximate surface area is 234 Å². The lowest BCUT2D eigenvalue weighted by Gasteiger charge is -2.28. The molecule has 10 nitrogen and oxygen atoms in total. The molecule has 3 atom stereocenters. The molecule has 1 N–H and O–H groups in total. The van der Waals surface area contributed by atoms with E-state index in [1.54, 1.807) is 13.2 Å². The molecule has 40 heavy (non-hydrogen) atoms. The summed E-state index contributed by atoms with van der Waals surface area (Å²) in [6.45, 7) is 6.80. The summed E-state index contributed by atoms with van der Waals surface area (Å²) in [5, 5.41) is 3.03. The Hall–Kier alpha value is -3.82. The SMILES string of the molecule is COc1cc(C(=O)N2C[C@H]3CC[C@@H]2[C@@H]3NC(=O)OC(C)(C)C)cc2nc(-c3cccc(OCC4CC4)n3)n(C)c12. The van der Waals surface area contributed by atoms with Gasteiger partial charge in [0.15, 0.2) is 5.82 Å².